The number of aromatic nitrogens is 4. The van der Waals surface area contributed by atoms with Gasteiger partial charge < -0.3 is 23.9 Å². The van der Waals surface area contributed by atoms with Gasteiger partial charge in [0.1, 0.15) is 34.6 Å². The zero-order chi connectivity index (χ0) is 39.4. The summed E-state index contributed by atoms with van der Waals surface area (Å²) >= 11 is 0. The van der Waals surface area contributed by atoms with Crippen LogP contribution in [0.15, 0.2) is 64.1 Å². The molecular weight excluding hydrogens is 710 g/mol. The first-order valence-electron chi connectivity index (χ1n) is 18.3. The predicted octanol–water partition coefficient (Wildman–Crippen LogP) is 9.19. The molecular formula is C41H44F2N6O6. The second-order valence-corrected chi connectivity index (χ2v) is 16.0. The van der Waals surface area contributed by atoms with Crippen molar-refractivity contribution in [2.24, 2.45) is 0 Å². The average Bonchev–Trinajstić information content (AvgIpc) is 3.88. The van der Waals surface area contributed by atoms with Crippen molar-refractivity contribution in [2.45, 2.75) is 91.3 Å². The van der Waals surface area contributed by atoms with Crippen LogP contribution in [-0.2, 0) is 16.0 Å². The molecule has 2 N–H and O–H groups in total. The number of hydrogen-bond donors (Lipinski definition) is 2. The normalized spacial score (nSPS) is 15.6. The number of halogens is 2. The maximum Gasteiger partial charge on any atom is 0.410 e. The highest BCUT2D eigenvalue weighted by Crippen LogP contribution is 2.35. The summed E-state index contributed by atoms with van der Waals surface area (Å²) in [4.78, 5) is 58.1. The summed E-state index contributed by atoms with van der Waals surface area (Å²) in [5, 5.41) is 1.10. The molecule has 7 rings (SSSR count). The average molecular weight is 755 g/mol. The minimum atomic E-state index is -1.29. The van der Waals surface area contributed by atoms with Gasteiger partial charge >= 0.3 is 12.2 Å². The van der Waals surface area contributed by atoms with Crippen LogP contribution in [0.4, 0.5) is 18.4 Å². The number of alkyl halides is 1. The molecule has 0 bridgehead atoms. The van der Waals surface area contributed by atoms with Crippen molar-refractivity contribution in [3.63, 3.8) is 0 Å². The summed E-state index contributed by atoms with van der Waals surface area (Å²) in [5.74, 6) is 0.372. The van der Waals surface area contributed by atoms with Gasteiger partial charge in [0, 0.05) is 23.1 Å². The topological polar surface area (TPSA) is 147 Å². The Morgan fingerprint density at radius 2 is 1.64 bits per heavy atom. The Bertz CT molecular complexity index is 2490. The second-order valence-electron chi connectivity index (χ2n) is 16.0. The molecule has 4 heterocycles. The lowest BCUT2D eigenvalue weighted by Crippen LogP contribution is -2.39. The number of aromatic amines is 2. The predicted molar refractivity (Wildman–Crippen MR) is 205 cm³/mol. The zero-order valence-electron chi connectivity index (χ0n) is 31.9. The molecule has 12 nitrogen and oxygen atoms in total. The van der Waals surface area contributed by atoms with E-state index in [1.54, 1.807) is 80.5 Å². The molecule has 0 radical (unpaired) electrons. The van der Waals surface area contributed by atoms with Crippen LogP contribution >= 0.6 is 0 Å². The summed E-state index contributed by atoms with van der Waals surface area (Å²) in [5.41, 5.74) is 0.822. The fraction of sp³-hybridized carbons (Fsp3) is 0.390. The molecule has 3 aromatic heterocycles. The molecule has 1 aliphatic rings. The zero-order valence-corrected chi connectivity index (χ0v) is 31.9. The Morgan fingerprint density at radius 3 is 2.36 bits per heavy atom. The number of benzene rings is 3. The number of H-pyrrole nitrogens is 2. The van der Waals surface area contributed by atoms with Gasteiger partial charge in [-0.15, -0.1) is 0 Å². The maximum atomic E-state index is 16.1. The fourth-order valence-corrected chi connectivity index (χ4v) is 6.85. The first kappa shape index (κ1) is 37.5. The number of imidazole rings is 2. The van der Waals surface area contributed by atoms with E-state index >= 15 is 4.39 Å². The third kappa shape index (κ3) is 7.89. The second kappa shape index (κ2) is 14.1. The summed E-state index contributed by atoms with van der Waals surface area (Å²) in [6.45, 7) is 12.4. The molecule has 6 aromatic rings. The van der Waals surface area contributed by atoms with Crippen molar-refractivity contribution in [3.8, 4) is 22.5 Å². The number of carbonyl (C=O) groups excluding carboxylic acids is 2. The molecule has 1 saturated heterocycles. The van der Waals surface area contributed by atoms with Crippen LogP contribution in [-0.4, -0.2) is 72.4 Å². The molecule has 1 aliphatic heterocycles. The standard InChI is InChI=1S/C41H44F2N6O6/c1-22(42)20-48(38(51)54-40(2,3)4)21-33-44-18-29(46-33)24-11-13-32-27(16-24)35(50)28-17-25-15-23(10-12-26(25)34(43)36(28)53-32)30-19-45-37(47-30)31-9-8-14-49(31)39(52)55-41(5,6)7/h10-13,15-19,22,31H,8-9,14,20-21H2,1-7H3,(H,44,46)(H,45,47)/t22-,31+/m1/s1. The molecule has 0 saturated carbocycles. The summed E-state index contributed by atoms with van der Waals surface area (Å²) in [6.07, 6.45) is 2.45. The quantitative estimate of drug-likeness (QED) is 0.153. The third-order valence-electron chi connectivity index (χ3n) is 9.22. The molecule has 288 valence electrons. The number of fused-ring (bicyclic) bond motifs is 3. The van der Waals surface area contributed by atoms with E-state index in [-0.39, 0.29) is 52.5 Å². The summed E-state index contributed by atoms with van der Waals surface area (Å²) < 4.78 is 47.1. The third-order valence-corrected chi connectivity index (χ3v) is 9.22. The summed E-state index contributed by atoms with van der Waals surface area (Å²) in [6, 6.07) is 11.5. The lowest BCUT2D eigenvalue weighted by Gasteiger charge is -2.27. The van der Waals surface area contributed by atoms with E-state index in [0.29, 0.717) is 40.5 Å². The fourth-order valence-electron chi connectivity index (χ4n) is 6.85. The van der Waals surface area contributed by atoms with Gasteiger partial charge in [-0.3, -0.25) is 14.6 Å². The van der Waals surface area contributed by atoms with Gasteiger partial charge in [-0.25, -0.2) is 28.3 Å². The largest absolute Gasteiger partial charge is 0.453 e. The number of nitrogens with zero attached hydrogens (tertiary/aromatic N) is 4. The smallest absolute Gasteiger partial charge is 0.410 e. The van der Waals surface area contributed by atoms with Crippen LogP contribution in [0.1, 0.15) is 79.0 Å². The first-order valence-corrected chi connectivity index (χ1v) is 18.3. The summed E-state index contributed by atoms with van der Waals surface area (Å²) in [7, 11) is 0. The number of ether oxygens (including phenoxy) is 2. The van der Waals surface area contributed by atoms with Crippen molar-refractivity contribution in [1.29, 1.82) is 0 Å². The highest BCUT2D eigenvalue weighted by Gasteiger charge is 2.35. The minimum absolute atomic E-state index is 0.0250. The number of nitrogens with one attached hydrogen (secondary N) is 2. The molecule has 0 aliphatic carbocycles. The molecule has 14 heteroatoms. The van der Waals surface area contributed by atoms with Crippen LogP contribution in [0.3, 0.4) is 0 Å². The van der Waals surface area contributed by atoms with Crippen LogP contribution in [0.25, 0.3) is 55.2 Å². The molecule has 0 spiro atoms. The Balaban J connectivity index is 1.18. The SMILES string of the molecule is C[C@@H](F)CN(Cc1ncc(-c2ccc3oc4c(F)c5ccc(-c6cnc([C@@H]7CCCN7C(=O)OC(C)(C)C)[nH]6)cc5cc4c(=O)c3c2)[nH]1)C(=O)OC(C)(C)C. The van der Waals surface area contributed by atoms with Gasteiger partial charge in [0.2, 0.25) is 5.43 Å². The van der Waals surface area contributed by atoms with E-state index in [2.05, 4.69) is 19.9 Å². The highest BCUT2D eigenvalue weighted by atomic mass is 19.1. The van der Waals surface area contributed by atoms with Crippen LogP contribution in [0.5, 0.6) is 0 Å². The van der Waals surface area contributed by atoms with Crippen LogP contribution in [0, 0.1) is 5.82 Å². The van der Waals surface area contributed by atoms with Crippen LogP contribution in [0.2, 0.25) is 0 Å². The van der Waals surface area contributed by atoms with Crippen molar-refractivity contribution in [3.05, 3.63) is 82.5 Å². The van der Waals surface area contributed by atoms with Gasteiger partial charge in [-0.2, -0.15) is 0 Å². The molecule has 3 aromatic carbocycles. The Labute approximate surface area is 315 Å². The van der Waals surface area contributed by atoms with E-state index in [4.69, 9.17) is 13.9 Å². The van der Waals surface area contributed by atoms with Crippen molar-refractivity contribution in [1.82, 2.24) is 29.7 Å². The number of amides is 2. The van der Waals surface area contributed by atoms with Crippen molar-refractivity contribution >= 4 is 44.9 Å². The van der Waals surface area contributed by atoms with E-state index in [0.717, 1.165) is 18.4 Å². The Hall–Kier alpha value is -5.79. The van der Waals surface area contributed by atoms with Gasteiger partial charge in [0.25, 0.3) is 0 Å². The van der Waals surface area contributed by atoms with E-state index in [1.807, 2.05) is 20.8 Å². The van der Waals surface area contributed by atoms with E-state index < -0.39 is 34.7 Å². The molecule has 2 amide bonds. The van der Waals surface area contributed by atoms with E-state index in [1.165, 1.54) is 11.8 Å². The number of rotatable bonds is 7. The molecule has 0 unspecified atom stereocenters. The maximum absolute atomic E-state index is 16.1. The van der Waals surface area contributed by atoms with Gasteiger partial charge in [0.05, 0.1) is 53.7 Å². The number of likely N-dealkylation sites (tertiary alicyclic amines) is 1. The van der Waals surface area contributed by atoms with Crippen molar-refractivity contribution in [2.75, 3.05) is 13.1 Å². The van der Waals surface area contributed by atoms with Crippen molar-refractivity contribution < 1.29 is 32.3 Å². The monoisotopic (exact) mass is 754 g/mol. The Morgan fingerprint density at radius 1 is 0.945 bits per heavy atom. The lowest BCUT2D eigenvalue weighted by atomic mass is 10.0. The number of hydrogen-bond acceptors (Lipinski definition) is 8. The molecule has 55 heavy (non-hydrogen) atoms. The molecule has 1 fully saturated rings. The van der Waals surface area contributed by atoms with Gasteiger partial charge in [-0.05, 0) is 97.0 Å². The lowest BCUT2D eigenvalue weighted by molar-refractivity contribution is 0.0185. The minimum Gasteiger partial charge on any atom is -0.453 e. The highest BCUT2D eigenvalue weighted by molar-refractivity contribution is 6.01. The van der Waals surface area contributed by atoms with Gasteiger partial charge in [-0.1, -0.05) is 12.1 Å². The molecule has 2 atom stereocenters. The van der Waals surface area contributed by atoms with Gasteiger partial charge in [0.15, 0.2) is 11.4 Å². The first-order chi connectivity index (χ1) is 25.9. The van der Waals surface area contributed by atoms with Crippen LogP contribution < -0.4 is 5.43 Å². The number of carbonyl (C=O) groups is 2. The van der Waals surface area contributed by atoms with E-state index in [9.17, 15) is 18.8 Å². The Kier molecular flexibility index (Phi) is 9.64.